The standard InChI is InChI=1S/C15H20FNO3/c1-10-5-4-8-17(14(10)15(18)19)9-11-6-3-7-12(20-2)13(11)16/h3,6-7,10,14H,4-5,8-9H2,1-2H3,(H,18,19). The normalized spacial score (nSPS) is 23.6. The van der Waals surface area contributed by atoms with E-state index in [0.29, 0.717) is 18.7 Å². The number of ether oxygens (including phenoxy) is 1. The molecule has 5 heteroatoms. The molecule has 1 aliphatic heterocycles. The van der Waals surface area contributed by atoms with Crippen molar-refractivity contribution >= 4 is 5.97 Å². The molecule has 2 atom stereocenters. The Morgan fingerprint density at radius 2 is 2.30 bits per heavy atom. The van der Waals surface area contributed by atoms with Crippen LogP contribution < -0.4 is 4.74 Å². The Hall–Kier alpha value is -1.62. The third-order valence-corrected chi connectivity index (χ3v) is 3.93. The van der Waals surface area contributed by atoms with Crippen molar-refractivity contribution in [2.45, 2.75) is 32.4 Å². The van der Waals surface area contributed by atoms with Crippen molar-refractivity contribution in [1.82, 2.24) is 4.90 Å². The Morgan fingerprint density at radius 1 is 1.55 bits per heavy atom. The van der Waals surface area contributed by atoms with E-state index < -0.39 is 17.8 Å². The maximum absolute atomic E-state index is 14.2. The SMILES string of the molecule is COc1cccc(CN2CCCC(C)C2C(=O)O)c1F. The van der Waals surface area contributed by atoms with Gasteiger partial charge in [-0.15, -0.1) is 0 Å². The zero-order valence-electron chi connectivity index (χ0n) is 11.8. The summed E-state index contributed by atoms with van der Waals surface area (Å²) in [5.41, 5.74) is 0.477. The van der Waals surface area contributed by atoms with Crippen LogP contribution in [0.4, 0.5) is 4.39 Å². The summed E-state index contributed by atoms with van der Waals surface area (Å²) in [6.45, 7) is 2.91. The first-order valence-electron chi connectivity index (χ1n) is 6.82. The molecule has 1 saturated heterocycles. The topological polar surface area (TPSA) is 49.8 Å². The maximum Gasteiger partial charge on any atom is 0.321 e. The Labute approximate surface area is 118 Å². The van der Waals surface area contributed by atoms with Gasteiger partial charge in [0.1, 0.15) is 6.04 Å². The molecule has 1 fully saturated rings. The van der Waals surface area contributed by atoms with Crippen LogP contribution >= 0.6 is 0 Å². The van der Waals surface area contributed by atoms with Crippen LogP contribution in [0.2, 0.25) is 0 Å². The second-order valence-corrected chi connectivity index (χ2v) is 5.31. The van der Waals surface area contributed by atoms with Crippen molar-refractivity contribution in [2.24, 2.45) is 5.92 Å². The molecule has 1 aliphatic rings. The summed E-state index contributed by atoms with van der Waals surface area (Å²) in [7, 11) is 1.42. The van der Waals surface area contributed by atoms with E-state index >= 15 is 0 Å². The number of aliphatic carboxylic acids is 1. The predicted octanol–water partition coefficient (Wildman–Crippen LogP) is 2.52. The number of carboxylic acids is 1. The monoisotopic (exact) mass is 281 g/mol. The summed E-state index contributed by atoms with van der Waals surface area (Å²) in [5, 5.41) is 9.37. The van der Waals surface area contributed by atoms with Crippen molar-refractivity contribution in [2.75, 3.05) is 13.7 Å². The lowest BCUT2D eigenvalue weighted by molar-refractivity contribution is -0.147. The van der Waals surface area contributed by atoms with Crippen molar-refractivity contribution in [3.8, 4) is 5.75 Å². The lowest BCUT2D eigenvalue weighted by Gasteiger charge is -2.37. The van der Waals surface area contributed by atoms with Gasteiger partial charge in [0, 0.05) is 12.1 Å². The molecule has 0 bridgehead atoms. The fourth-order valence-corrected chi connectivity index (χ4v) is 2.90. The number of halogens is 1. The molecule has 110 valence electrons. The van der Waals surface area contributed by atoms with Crippen LogP contribution in [-0.2, 0) is 11.3 Å². The molecule has 1 heterocycles. The maximum atomic E-state index is 14.2. The number of rotatable bonds is 4. The van der Waals surface area contributed by atoms with E-state index in [2.05, 4.69) is 0 Å². The summed E-state index contributed by atoms with van der Waals surface area (Å²) < 4.78 is 19.1. The fourth-order valence-electron chi connectivity index (χ4n) is 2.90. The van der Waals surface area contributed by atoms with Gasteiger partial charge in [-0.2, -0.15) is 0 Å². The average molecular weight is 281 g/mol. The van der Waals surface area contributed by atoms with Crippen molar-refractivity contribution in [3.63, 3.8) is 0 Å². The van der Waals surface area contributed by atoms with Crippen LogP contribution in [0.15, 0.2) is 18.2 Å². The second-order valence-electron chi connectivity index (χ2n) is 5.31. The highest BCUT2D eigenvalue weighted by Crippen LogP contribution is 2.27. The minimum absolute atomic E-state index is 0.0786. The smallest absolute Gasteiger partial charge is 0.321 e. The molecule has 1 N–H and O–H groups in total. The highest BCUT2D eigenvalue weighted by molar-refractivity contribution is 5.74. The van der Waals surface area contributed by atoms with Gasteiger partial charge in [0.15, 0.2) is 11.6 Å². The first-order chi connectivity index (χ1) is 9.54. The fraction of sp³-hybridized carbons (Fsp3) is 0.533. The van der Waals surface area contributed by atoms with Gasteiger partial charge in [0.05, 0.1) is 7.11 Å². The first-order valence-corrected chi connectivity index (χ1v) is 6.82. The lowest BCUT2D eigenvalue weighted by atomic mass is 9.90. The quantitative estimate of drug-likeness (QED) is 0.921. The molecule has 4 nitrogen and oxygen atoms in total. The molecule has 0 saturated carbocycles. The van der Waals surface area contributed by atoms with E-state index in [9.17, 15) is 14.3 Å². The van der Waals surface area contributed by atoms with E-state index in [4.69, 9.17) is 4.74 Å². The Morgan fingerprint density at radius 3 is 2.95 bits per heavy atom. The van der Waals surface area contributed by atoms with Gasteiger partial charge >= 0.3 is 5.97 Å². The van der Waals surface area contributed by atoms with Gasteiger partial charge in [-0.05, 0) is 31.4 Å². The van der Waals surface area contributed by atoms with E-state index in [-0.39, 0.29) is 11.7 Å². The molecule has 0 spiro atoms. The highest BCUT2D eigenvalue weighted by Gasteiger charge is 2.34. The number of benzene rings is 1. The number of piperidine rings is 1. The molecule has 1 aromatic carbocycles. The largest absolute Gasteiger partial charge is 0.494 e. The van der Waals surface area contributed by atoms with Gasteiger partial charge in [-0.1, -0.05) is 19.1 Å². The van der Waals surface area contributed by atoms with E-state index in [0.717, 1.165) is 12.8 Å². The molecular formula is C15H20FNO3. The minimum atomic E-state index is -0.833. The summed E-state index contributed by atoms with van der Waals surface area (Å²) in [5.74, 6) is -0.966. The molecule has 0 amide bonds. The third-order valence-electron chi connectivity index (χ3n) is 3.93. The van der Waals surface area contributed by atoms with Crippen molar-refractivity contribution < 1.29 is 19.0 Å². The Kier molecular flexibility index (Phi) is 4.60. The molecule has 0 radical (unpaired) electrons. The molecule has 20 heavy (non-hydrogen) atoms. The van der Waals surface area contributed by atoms with E-state index in [1.54, 1.807) is 18.2 Å². The van der Waals surface area contributed by atoms with E-state index in [1.807, 2.05) is 11.8 Å². The number of methoxy groups -OCH3 is 1. The Bertz CT molecular complexity index is 492. The summed E-state index contributed by atoms with van der Waals surface area (Å²) >= 11 is 0. The molecule has 1 aromatic rings. The Balaban J connectivity index is 2.21. The van der Waals surface area contributed by atoms with Gasteiger partial charge in [0.25, 0.3) is 0 Å². The van der Waals surface area contributed by atoms with Crippen LogP contribution in [0.3, 0.4) is 0 Å². The van der Waals surface area contributed by atoms with Crippen LogP contribution in [0.5, 0.6) is 5.75 Å². The predicted molar refractivity (Wildman–Crippen MR) is 73.2 cm³/mol. The van der Waals surface area contributed by atoms with E-state index in [1.165, 1.54) is 7.11 Å². The molecule has 0 aliphatic carbocycles. The van der Waals surface area contributed by atoms with Crippen LogP contribution in [0, 0.1) is 11.7 Å². The van der Waals surface area contributed by atoms with Gasteiger partial charge in [-0.3, -0.25) is 9.69 Å². The zero-order chi connectivity index (χ0) is 14.7. The first kappa shape index (κ1) is 14.8. The number of hydrogen-bond acceptors (Lipinski definition) is 3. The average Bonchev–Trinajstić information content (AvgIpc) is 2.41. The van der Waals surface area contributed by atoms with Gasteiger partial charge in [0.2, 0.25) is 0 Å². The number of likely N-dealkylation sites (tertiary alicyclic amines) is 1. The summed E-state index contributed by atoms with van der Waals surface area (Å²) in [4.78, 5) is 13.3. The molecule has 2 rings (SSSR count). The molecule has 0 aromatic heterocycles. The lowest BCUT2D eigenvalue weighted by Crippen LogP contribution is -2.48. The van der Waals surface area contributed by atoms with Crippen LogP contribution in [0.25, 0.3) is 0 Å². The van der Waals surface area contributed by atoms with Gasteiger partial charge in [-0.25, -0.2) is 4.39 Å². The van der Waals surface area contributed by atoms with Crippen molar-refractivity contribution in [1.29, 1.82) is 0 Å². The summed E-state index contributed by atoms with van der Waals surface area (Å²) in [6, 6.07) is 4.41. The molecule has 2 unspecified atom stereocenters. The number of carbonyl (C=O) groups is 1. The number of nitrogens with zero attached hydrogens (tertiary/aromatic N) is 1. The second kappa shape index (κ2) is 6.22. The number of carboxylic acid groups (broad SMARTS) is 1. The van der Waals surface area contributed by atoms with Crippen molar-refractivity contribution in [3.05, 3.63) is 29.6 Å². The van der Waals surface area contributed by atoms with Gasteiger partial charge < -0.3 is 9.84 Å². The van der Waals surface area contributed by atoms with Crippen LogP contribution in [0.1, 0.15) is 25.3 Å². The summed E-state index contributed by atoms with van der Waals surface area (Å²) in [6.07, 6.45) is 1.84. The highest BCUT2D eigenvalue weighted by atomic mass is 19.1. The number of hydrogen-bond donors (Lipinski definition) is 1. The molecular weight excluding hydrogens is 261 g/mol. The third kappa shape index (κ3) is 2.93. The zero-order valence-corrected chi connectivity index (χ0v) is 11.8. The van der Waals surface area contributed by atoms with Crippen LogP contribution in [-0.4, -0.2) is 35.7 Å². The minimum Gasteiger partial charge on any atom is -0.494 e.